The lowest BCUT2D eigenvalue weighted by Crippen LogP contribution is -2.27. The first kappa shape index (κ1) is 18.0. The molecule has 0 aliphatic heterocycles. The van der Waals surface area contributed by atoms with Crippen LogP contribution < -0.4 is 10.6 Å². The largest absolute Gasteiger partial charge is 0.352 e. The number of aryl methyl sites for hydroxylation is 1. The number of hydrogen-bond acceptors (Lipinski definition) is 2. The Balaban J connectivity index is 1.64. The molecule has 0 spiro atoms. The van der Waals surface area contributed by atoms with Gasteiger partial charge in [-0.15, -0.1) is 0 Å². The number of halogens is 1. The van der Waals surface area contributed by atoms with Crippen molar-refractivity contribution in [3.05, 3.63) is 70.2 Å². The molecule has 0 radical (unpaired) electrons. The second-order valence-corrected chi connectivity index (χ2v) is 6.07. The van der Waals surface area contributed by atoms with E-state index >= 15 is 0 Å². The molecule has 2 N–H and O–H groups in total. The van der Waals surface area contributed by atoms with Gasteiger partial charge in [-0.05, 0) is 43.2 Å². The summed E-state index contributed by atoms with van der Waals surface area (Å²) in [4.78, 5) is 23.7. The Morgan fingerprint density at radius 1 is 1.04 bits per heavy atom. The molecule has 24 heavy (non-hydrogen) atoms. The fourth-order valence-electron chi connectivity index (χ4n) is 2.27. The molecule has 0 saturated heterocycles. The number of amides is 2. The van der Waals surface area contributed by atoms with Crippen molar-refractivity contribution in [2.24, 2.45) is 0 Å². The van der Waals surface area contributed by atoms with Crippen LogP contribution in [0.3, 0.4) is 0 Å². The van der Waals surface area contributed by atoms with Gasteiger partial charge in [-0.2, -0.15) is 0 Å². The van der Waals surface area contributed by atoms with Crippen LogP contribution in [0.5, 0.6) is 0 Å². The van der Waals surface area contributed by atoms with Gasteiger partial charge in [0.05, 0.1) is 0 Å². The molecule has 126 valence electrons. The van der Waals surface area contributed by atoms with Crippen molar-refractivity contribution in [2.45, 2.75) is 26.3 Å². The summed E-state index contributed by atoms with van der Waals surface area (Å²) in [5.74, 6) is -0.177. The topological polar surface area (TPSA) is 58.2 Å². The third-order valence-corrected chi connectivity index (χ3v) is 3.80. The predicted molar refractivity (Wildman–Crippen MR) is 96.0 cm³/mol. The smallest absolute Gasteiger partial charge is 0.251 e. The van der Waals surface area contributed by atoms with E-state index in [9.17, 15) is 9.59 Å². The van der Waals surface area contributed by atoms with Gasteiger partial charge in [-0.25, -0.2) is 0 Å². The molecule has 2 aromatic rings. The van der Waals surface area contributed by atoms with Gasteiger partial charge in [0.2, 0.25) is 5.91 Å². The number of hydrogen-bond donors (Lipinski definition) is 2. The summed E-state index contributed by atoms with van der Waals surface area (Å²) >= 11 is 5.78. The highest BCUT2D eigenvalue weighted by atomic mass is 35.5. The monoisotopic (exact) mass is 344 g/mol. The van der Waals surface area contributed by atoms with Crippen LogP contribution in [0.1, 0.15) is 34.3 Å². The van der Waals surface area contributed by atoms with E-state index in [0.29, 0.717) is 36.5 Å². The van der Waals surface area contributed by atoms with E-state index in [1.54, 1.807) is 24.3 Å². The molecule has 4 nitrogen and oxygen atoms in total. The van der Waals surface area contributed by atoms with Gasteiger partial charge in [-0.3, -0.25) is 9.59 Å². The van der Waals surface area contributed by atoms with E-state index in [1.807, 2.05) is 31.2 Å². The molecule has 0 atom stereocenters. The lowest BCUT2D eigenvalue weighted by atomic mass is 10.1. The van der Waals surface area contributed by atoms with Crippen molar-refractivity contribution in [3.63, 3.8) is 0 Å². The first-order valence-electron chi connectivity index (χ1n) is 7.90. The highest BCUT2D eigenvalue weighted by molar-refractivity contribution is 6.30. The van der Waals surface area contributed by atoms with E-state index in [0.717, 1.165) is 5.56 Å². The minimum absolute atomic E-state index is 0.0164. The molecule has 5 heteroatoms. The molecule has 0 aromatic heterocycles. The minimum atomic E-state index is -0.160. The predicted octanol–water partition coefficient (Wildman–Crippen LogP) is 3.47. The molecular weight excluding hydrogens is 324 g/mol. The Morgan fingerprint density at radius 2 is 1.79 bits per heavy atom. The molecule has 2 amide bonds. The van der Waals surface area contributed by atoms with Gasteiger partial charge in [0.1, 0.15) is 0 Å². The summed E-state index contributed by atoms with van der Waals surface area (Å²) in [6, 6.07) is 14.7. The standard InChI is InChI=1S/C19H21ClN2O2/c1-14-4-2-5-15(12-14)13-22-18(23)6-3-11-21-19(24)16-7-9-17(20)10-8-16/h2,4-5,7-10,12H,3,6,11,13H2,1H3,(H,21,24)(H,22,23). The Labute approximate surface area is 147 Å². The Bertz CT molecular complexity index is 699. The fourth-order valence-corrected chi connectivity index (χ4v) is 2.39. The third-order valence-electron chi connectivity index (χ3n) is 3.54. The highest BCUT2D eigenvalue weighted by Gasteiger charge is 2.06. The number of nitrogens with one attached hydrogen (secondary N) is 2. The van der Waals surface area contributed by atoms with Gasteiger partial charge in [0.15, 0.2) is 0 Å². The second kappa shape index (κ2) is 9.08. The van der Waals surface area contributed by atoms with E-state index in [2.05, 4.69) is 10.6 Å². The molecular formula is C19H21ClN2O2. The lowest BCUT2D eigenvalue weighted by Gasteiger charge is -2.07. The molecule has 0 saturated carbocycles. The highest BCUT2D eigenvalue weighted by Crippen LogP contribution is 2.09. The van der Waals surface area contributed by atoms with Crippen molar-refractivity contribution < 1.29 is 9.59 Å². The van der Waals surface area contributed by atoms with Crippen molar-refractivity contribution in [1.29, 1.82) is 0 Å². The quantitative estimate of drug-likeness (QED) is 0.755. The van der Waals surface area contributed by atoms with E-state index in [1.165, 1.54) is 5.56 Å². The average Bonchev–Trinajstić information content (AvgIpc) is 2.57. The zero-order valence-electron chi connectivity index (χ0n) is 13.6. The van der Waals surface area contributed by atoms with Crippen LogP contribution in [-0.2, 0) is 11.3 Å². The first-order chi connectivity index (χ1) is 11.5. The Kier molecular flexibility index (Phi) is 6.82. The van der Waals surface area contributed by atoms with Crippen molar-refractivity contribution in [3.8, 4) is 0 Å². The average molecular weight is 345 g/mol. The number of carbonyl (C=O) groups is 2. The molecule has 0 bridgehead atoms. The molecule has 0 aliphatic rings. The molecule has 0 heterocycles. The van der Waals surface area contributed by atoms with E-state index in [4.69, 9.17) is 11.6 Å². The van der Waals surface area contributed by atoms with Crippen molar-refractivity contribution >= 4 is 23.4 Å². The molecule has 0 aliphatic carbocycles. The van der Waals surface area contributed by atoms with Crippen LogP contribution in [0.25, 0.3) is 0 Å². The number of benzene rings is 2. The first-order valence-corrected chi connectivity index (χ1v) is 8.28. The minimum Gasteiger partial charge on any atom is -0.352 e. The maximum atomic E-state index is 11.9. The zero-order chi connectivity index (χ0) is 17.4. The normalized spacial score (nSPS) is 10.2. The van der Waals surface area contributed by atoms with Crippen LogP contribution in [0.15, 0.2) is 48.5 Å². The molecule has 2 rings (SSSR count). The van der Waals surface area contributed by atoms with Crippen LogP contribution >= 0.6 is 11.6 Å². The van der Waals surface area contributed by atoms with Gasteiger partial charge >= 0.3 is 0 Å². The molecule has 0 fully saturated rings. The maximum absolute atomic E-state index is 11.9. The molecule has 2 aromatic carbocycles. The number of carbonyl (C=O) groups excluding carboxylic acids is 2. The fraction of sp³-hybridized carbons (Fsp3) is 0.263. The van der Waals surface area contributed by atoms with Crippen LogP contribution in [-0.4, -0.2) is 18.4 Å². The van der Waals surface area contributed by atoms with E-state index in [-0.39, 0.29) is 11.8 Å². The van der Waals surface area contributed by atoms with Crippen LogP contribution in [0.2, 0.25) is 5.02 Å². The van der Waals surface area contributed by atoms with Crippen LogP contribution in [0, 0.1) is 6.92 Å². The Hall–Kier alpha value is -2.33. The zero-order valence-corrected chi connectivity index (χ0v) is 14.4. The number of rotatable bonds is 7. The summed E-state index contributed by atoms with van der Waals surface area (Å²) in [7, 11) is 0. The summed E-state index contributed by atoms with van der Waals surface area (Å²) in [5.41, 5.74) is 2.81. The van der Waals surface area contributed by atoms with Gasteiger partial charge < -0.3 is 10.6 Å². The van der Waals surface area contributed by atoms with Gasteiger partial charge in [0, 0.05) is 30.1 Å². The van der Waals surface area contributed by atoms with E-state index < -0.39 is 0 Å². The van der Waals surface area contributed by atoms with Crippen molar-refractivity contribution in [2.75, 3.05) is 6.54 Å². The third kappa shape index (κ3) is 6.05. The SMILES string of the molecule is Cc1cccc(CNC(=O)CCCNC(=O)c2ccc(Cl)cc2)c1. The second-order valence-electron chi connectivity index (χ2n) is 5.63. The maximum Gasteiger partial charge on any atom is 0.251 e. The van der Waals surface area contributed by atoms with Crippen molar-refractivity contribution in [1.82, 2.24) is 10.6 Å². The van der Waals surface area contributed by atoms with Crippen LogP contribution in [0.4, 0.5) is 0 Å². The summed E-state index contributed by atoms with van der Waals surface area (Å²) in [6.45, 7) is 3.01. The lowest BCUT2D eigenvalue weighted by molar-refractivity contribution is -0.121. The van der Waals surface area contributed by atoms with Gasteiger partial charge in [0.25, 0.3) is 5.91 Å². The summed E-state index contributed by atoms with van der Waals surface area (Å²) in [5, 5.41) is 6.27. The summed E-state index contributed by atoms with van der Waals surface area (Å²) < 4.78 is 0. The Morgan fingerprint density at radius 3 is 2.50 bits per heavy atom. The van der Waals surface area contributed by atoms with Gasteiger partial charge in [-0.1, -0.05) is 41.4 Å². The molecule has 0 unspecified atom stereocenters. The summed E-state index contributed by atoms with van der Waals surface area (Å²) in [6.07, 6.45) is 0.978.